The van der Waals surface area contributed by atoms with Crippen molar-refractivity contribution in [3.63, 3.8) is 0 Å². The molecule has 0 aromatic heterocycles. The van der Waals surface area contributed by atoms with E-state index in [1.807, 2.05) is 18.2 Å². The van der Waals surface area contributed by atoms with Crippen molar-refractivity contribution in [1.82, 2.24) is 15.5 Å². The first-order valence-electron chi connectivity index (χ1n) is 9.56. The number of guanidine groups is 1. The highest BCUT2D eigenvalue weighted by atomic mass is 127. The summed E-state index contributed by atoms with van der Waals surface area (Å²) in [4.78, 5) is 7.19. The number of nitrogens with zero attached hydrogens (tertiary/aromatic N) is 2. The minimum Gasteiger partial charge on any atom is -0.493 e. The first kappa shape index (κ1) is 24.8. The van der Waals surface area contributed by atoms with E-state index in [0.717, 1.165) is 62.4 Å². The highest BCUT2D eigenvalue weighted by molar-refractivity contribution is 14.0. The summed E-state index contributed by atoms with van der Waals surface area (Å²) in [5.74, 6) is 2.24. The fourth-order valence-electron chi connectivity index (χ4n) is 3.16. The van der Waals surface area contributed by atoms with Gasteiger partial charge in [0.05, 0.1) is 34.0 Å². The smallest absolute Gasteiger partial charge is 0.191 e. The van der Waals surface area contributed by atoms with E-state index in [0.29, 0.717) is 6.54 Å². The van der Waals surface area contributed by atoms with E-state index in [-0.39, 0.29) is 29.5 Å². The van der Waals surface area contributed by atoms with Gasteiger partial charge in [-0.05, 0) is 26.8 Å². The SMILES string of the molecule is CCNC(=NCc1cccc(OC)c1OC)NCC(C)(C)N1CCOCC1.I. The van der Waals surface area contributed by atoms with Crippen molar-refractivity contribution in [3.8, 4) is 11.5 Å². The molecule has 0 atom stereocenters. The number of hydrogen-bond donors (Lipinski definition) is 2. The Labute approximate surface area is 186 Å². The summed E-state index contributed by atoms with van der Waals surface area (Å²) in [6, 6.07) is 5.85. The second-order valence-corrected chi connectivity index (χ2v) is 7.11. The predicted octanol–water partition coefficient (Wildman–Crippen LogP) is 2.49. The molecule has 1 heterocycles. The average Bonchev–Trinajstić information content (AvgIpc) is 2.70. The number of para-hydroxylation sites is 1. The molecule has 1 saturated heterocycles. The van der Waals surface area contributed by atoms with E-state index in [1.165, 1.54) is 0 Å². The monoisotopic (exact) mass is 506 g/mol. The van der Waals surface area contributed by atoms with Crippen LogP contribution < -0.4 is 20.1 Å². The van der Waals surface area contributed by atoms with E-state index < -0.39 is 0 Å². The number of ether oxygens (including phenoxy) is 3. The van der Waals surface area contributed by atoms with E-state index in [4.69, 9.17) is 19.2 Å². The third-order valence-corrected chi connectivity index (χ3v) is 4.79. The predicted molar refractivity (Wildman–Crippen MR) is 124 cm³/mol. The van der Waals surface area contributed by atoms with Crippen LogP contribution in [0.15, 0.2) is 23.2 Å². The molecule has 1 aliphatic heterocycles. The third-order valence-electron chi connectivity index (χ3n) is 4.79. The van der Waals surface area contributed by atoms with Gasteiger partial charge in [0.15, 0.2) is 17.5 Å². The number of aliphatic imine (C=N–C) groups is 1. The summed E-state index contributed by atoms with van der Waals surface area (Å²) in [7, 11) is 3.30. The molecular weight excluding hydrogens is 471 g/mol. The van der Waals surface area contributed by atoms with E-state index >= 15 is 0 Å². The molecular formula is C20H35IN4O3. The normalized spacial score (nSPS) is 15.5. The number of morpholine rings is 1. The zero-order valence-corrected chi connectivity index (χ0v) is 20.0. The van der Waals surface area contributed by atoms with E-state index in [9.17, 15) is 0 Å². The van der Waals surface area contributed by atoms with E-state index in [1.54, 1.807) is 14.2 Å². The van der Waals surface area contributed by atoms with Crippen LogP contribution in [0.4, 0.5) is 0 Å². The lowest BCUT2D eigenvalue weighted by Crippen LogP contribution is -2.56. The summed E-state index contributed by atoms with van der Waals surface area (Å²) in [5.41, 5.74) is 1.01. The molecule has 1 aromatic rings. The molecule has 1 aromatic carbocycles. The van der Waals surface area contributed by atoms with Gasteiger partial charge in [-0.3, -0.25) is 4.90 Å². The number of halogens is 1. The van der Waals surface area contributed by atoms with Gasteiger partial charge in [0.25, 0.3) is 0 Å². The van der Waals surface area contributed by atoms with Crippen molar-refractivity contribution in [3.05, 3.63) is 23.8 Å². The Bertz CT molecular complexity index is 619. The Balaban J connectivity index is 0.00000392. The summed E-state index contributed by atoms with van der Waals surface area (Å²) in [5, 5.41) is 6.80. The molecule has 8 heteroatoms. The molecule has 0 saturated carbocycles. The van der Waals surface area contributed by atoms with Crippen molar-refractivity contribution >= 4 is 29.9 Å². The van der Waals surface area contributed by atoms with Crippen molar-refractivity contribution in [2.75, 3.05) is 53.6 Å². The molecule has 0 amide bonds. The van der Waals surface area contributed by atoms with Gasteiger partial charge in [-0.1, -0.05) is 12.1 Å². The van der Waals surface area contributed by atoms with Gasteiger partial charge < -0.3 is 24.8 Å². The summed E-state index contributed by atoms with van der Waals surface area (Å²) < 4.78 is 16.3. The molecule has 1 aliphatic rings. The lowest BCUT2D eigenvalue weighted by atomic mass is 10.0. The maximum Gasteiger partial charge on any atom is 0.191 e. The van der Waals surface area contributed by atoms with Gasteiger partial charge >= 0.3 is 0 Å². The van der Waals surface area contributed by atoms with Crippen LogP contribution in [0.5, 0.6) is 11.5 Å². The van der Waals surface area contributed by atoms with Crippen LogP contribution >= 0.6 is 24.0 Å². The minimum absolute atomic E-state index is 0. The van der Waals surface area contributed by atoms with Crippen molar-refractivity contribution in [1.29, 1.82) is 0 Å². The Kier molecular flexibility index (Phi) is 10.9. The van der Waals surface area contributed by atoms with Gasteiger partial charge in [-0.15, -0.1) is 24.0 Å². The van der Waals surface area contributed by atoms with Crippen molar-refractivity contribution in [2.45, 2.75) is 32.9 Å². The van der Waals surface area contributed by atoms with Gasteiger partial charge in [0.2, 0.25) is 0 Å². The zero-order valence-electron chi connectivity index (χ0n) is 17.7. The standard InChI is InChI=1S/C20H34N4O3.HI/c1-6-21-19(23-15-20(2,3)24-10-12-27-13-11-24)22-14-16-8-7-9-17(25-4)18(16)26-5;/h7-9H,6,10-15H2,1-5H3,(H2,21,22,23);1H. The lowest BCUT2D eigenvalue weighted by Gasteiger charge is -2.41. The second-order valence-electron chi connectivity index (χ2n) is 7.11. The summed E-state index contributed by atoms with van der Waals surface area (Å²) >= 11 is 0. The van der Waals surface area contributed by atoms with Crippen LogP contribution in [-0.2, 0) is 11.3 Å². The first-order valence-corrected chi connectivity index (χ1v) is 9.56. The molecule has 0 aliphatic carbocycles. The molecule has 7 nitrogen and oxygen atoms in total. The molecule has 0 radical (unpaired) electrons. The minimum atomic E-state index is 0. The zero-order chi connectivity index (χ0) is 19.7. The number of hydrogen-bond acceptors (Lipinski definition) is 5. The molecule has 2 rings (SSSR count). The lowest BCUT2D eigenvalue weighted by molar-refractivity contribution is -0.00834. The van der Waals surface area contributed by atoms with Gasteiger partial charge in [0.1, 0.15) is 0 Å². The molecule has 28 heavy (non-hydrogen) atoms. The molecule has 0 bridgehead atoms. The van der Waals surface area contributed by atoms with E-state index in [2.05, 4.69) is 36.3 Å². The molecule has 160 valence electrons. The Morgan fingerprint density at radius 2 is 1.89 bits per heavy atom. The van der Waals surface area contributed by atoms with Crippen LogP contribution in [0.3, 0.4) is 0 Å². The topological polar surface area (TPSA) is 67.4 Å². The fraction of sp³-hybridized carbons (Fsp3) is 0.650. The third kappa shape index (κ3) is 6.97. The Hall–Kier alpha value is -1.26. The highest BCUT2D eigenvalue weighted by Gasteiger charge is 2.28. The summed E-state index contributed by atoms with van der Waals surface area (Å²) in [6.07, 6.45) is 0. The number of rotatable bonds is 8. The molecule has 2 N–H and O–H groups in total. The maximum absolute atomic E-state index is 5.50. The largest absolute Gasteiger partial charge is 0.493 e. The number of methoxy groups -OCH3 is 2. The van der Waals surface area contributed by atoms with Gasteiger partial charge in [0, 0.05) is 37.3 Å². The molecule has 1 fully saturated rings. The van der Waals surface area contributed by atoms with Gasteiger partial charge in [-0.25, -0.2) is 4.99 Å². The fourth-order valence-corrected chi connectivity index (χ4v) is 3.16. The number of benzene rings is 1. The number of nitrogens with one attached hydrogen (secondary N) is 2. The molecule has 0 spiro atoms. The Morgan fingerprint density at radius 3 is 2.50 bits per heavy atom. The van der Waals surface area contributed by atoms with Crippen LogP contribution in [-0.4, -0.2) is 70.0 Å². The highest BCUT2D eigenvalue weighted by Crippen LogP contribution is 2.31. The second kappa shape index (κ2) is 12.3. The van der Waals surface area contributed by atoms with Crippen LogP contribution in [0.1, 0.15) is 26.3 Å². The van der Waals surface area contributed by atoms with Crippen LogP contribution in [0, 0.1) is 0 Å². The first-order chi connectivity index (χ1) is 13.0. The Morgan fingerprint density at radius 1 is 1.18 bits per heavy atom. The van der Waals surface area contributed by atoms with Gasteiger partial charge in [-0.2, -0.15) is 0 Å². The van der Waals surface area contributed by atoms with Crippen molar-refractivity contribution < 1.29 is 14.2 Å². The molecule has 0 unspecified atom stereocenters. The quantitative estimate of drug-likeness (QED) is 0.321. The van der Waals surface area contributed by atoms with Crippen LogP contribution in [0.2, 0.25) is 0 Å². The van der Waals surface area contributed by atoms with Crippen LogP contribution in [0.25, 0.3) is 0 Å². The maximum atomic E-state index is 5.50. The summed E-state index contributed by atoms with van der Waals surface area (Å²) in [6.45, 7) is 12.2. The average molecular weight is 506 g/mol. The van der Waals surface area contributed by atoms with Crippen molar-refractivity contribution in [2.24, 2.45) is 4.99 Å².